The van der Waals surface area contributed by atoms with Gasteiger partial charge in [0.2, 0.25) is 5.91 Å². The number of carboxylic acids is 1. The summed E-state index contributed by atoms with van der Waals surface area (Å²) in [5.74, 6) is -0.850. The molecule has 3 amide bonds. The minimum absolute atomic E-state index is 0.0629. The molecule has 8 heteroatoms. The van der Waals surface area contributed by atoms with Crippen LogP contribution in [0, 0.1) is 5.92 Å². The summed E-state index contributed by atoms with van der Waals surface area (Å²) in [5, 5.41) is 15.3. The van der Waals surface area contributed by atoms with E-state index in [2.05, 4.69) is 10.6 Å². The van der Waals surface area contributed by atoms with E-state index in [1.807, 2.05) is 13.8 Å². The molecule has 1 rings (SSSR count). The van der Waals surface area contributed by atoms with Crippen LogP contribution in [0.25, 0.3) is 0 Å². The molecule has 21 heavy (non-hydrogen) atoms. The Morgan fingerprint density at radius 1 is 1.38 bits per heavy atom. The Bertz CT molecular complexity index is 514. The van der Waals surface area contributed by atoms with Crippen molar-refractivity contribution in [2.24, 2.45) is 5.92 Å². The molecule has 0 saturated carbocycles. The normalized spacial score (nSPS) is 10.4. The van der Waals surface area contributed by atoms with E-state index in [4.69, 9.17) is 5.11 Å². The standard InChI is InChI=1S/C13H18N2O4S2/c1-8(2)3-4-14-13(19)15-11(16)7-20-9-5-10(12(17)18)21-6-9/h5-6,8H,3-4,7H2,1-2H3,(H,17,18)(H2,14,15,16,19). The summed E-state index contributed by atoms with van der Waals surface area (Å²) in [5.41, 5.74) is 0. The van der Waals surface area contributed by atoms with Crippen LogP contribution in [0.1, 0.15) is 29.9 Å². The van der Waals surface area contributed by atoms with Crippen molar-refractivity contribution < 1.29 is 19.5 Å². The van der Waals surface area contributed by atoms with E-state index in [-0.39, 0.29) is 10.6 Å². The van der Waals surface area contributed by atoms with Crippen LogP contribution in [0.2, 0.25) is 0 Å². The Kier molecular flexibility index (Phi) is 7.24. The molecule has 0 saturated heterocycles. The molecule has 1 aromatic heterocycles. The summed E-state index contributed by atoms with van der Waals surface area (Å²) in [7, 11) is 0. The van der Waals surface area contributed by atoms with Gasteiger partial charge in [-0.3, -0.25) is 10.1 Å². The van der Waals surface area contributed by atoms with Crippen molar-refractivity contribution in [1.82, 2.24) is 10.6 Å². The number of aromatic carboxylic acids is 1. The zero-order valence-corrected chi connectivity index (χ0v) is 13.5. The molecule has 6 nitrogen and oxygen atoms in total. The quantitative estimate of drug-likeness (QED) is 0.667. The maximum absolute atomic E-state index is 11.6. The number of carbonyl (C=O) groups is 3. The summed E-state index contributed by atoms with van der Waals surface area (Å²) in [6, 6.07) is 1.01. The topological polar surface area (TPSA) is 95.5 Å². The lowest BCUT2D eigenvalue weighted by Crippen LogP contribution is -2.40. The van der Waals surface area contributed by atoms with Gasteiger partial charge < -0.3 is 10.4 Å². The van der Waals surface area contributed by atoms with Crippen molar-refractivity contribution in [3.8, 4) is 0 Å². The highest BCUT2D eigenvalue weighted by Gasteiger charge is 2.11. The van der Waals surface area contributed by atoms with Gasteiger partial charge in [-0.1, -0.05) is 13.8 Å². The predicted octanol–water partition coefficient (Wildman–Crippen LogP) is 2.41. The smallest absolute Gasteiger partial charge is 0.345 e. The van der Waals surface area contributed by atoms with Crippen LogP contribution in [0.4, 0.5) is 4.79 Å². The average Bonchev–Trinajstić information content (AvgIpc) is 2.84. The van der Waals surface area contributed by atoms with Crippen LogP contribution in [-0.4, -0.2) is 35.3 Å². The maximum Gasteiger partial charge on any atom is 0.345 e. The van der Waals surface area contributed by atoms with Gasteiger partial charge in [0, 0.05) is 16.8 Å². The van der Waals surface area contributed by atoms with Gasteiger partial charge in [0.15, 0.2) is 0 Å². The van der Waals surface area contributed by atoms with E-state index in [0.717, 1.165) is 17.8 Å². The number of carbonyl (C=O) groups excluding carboxylic acids is 2. The number of rotatable bonds is 7. The van der Waals surface area contributed by atoms with Crippen molar-refractivity contribution in [2.45, 2.75) is 25.2 Å². The van der Waals surface area contributed by atoms with Gasteiger partial charge in [-0.2, -0.15) is 0 Å². The van der Waals surface area contributed by atoms with E-state index in [9.17, 15) is 14.4 Å². The molecule has 0 bridgehead atoms. The van der Waals surface area contributed by atoms with Crippen molar-refractivity contribution in [3.63, 3.8) is 0 Å². The number of imide groups is 1. The Hall–Kier alpha value is -1.54. The summed E-state index contributed by atoms with van der Waals surface area (Å²) in [4.78, 5) is 34.6. The van der Waals surface area contributed by atoms with Crippen LogP contribution < -0.4 is 10.6 Å². The Morgan fingerprint density at radius 2 is 2.10 bits per heavy atom. The van der Waals surface area contributed by atoms with Gasteiger partial charge >= 0.3 is 12.0 Å². The van der Waals surface area contributed by atoms with Crippen LogP contribution in [0.15, 0.2) is 16.3 Å². The molecule has 0 aliphatic rings. The van der Waals surface area contributed by atoms with Crippen molar-refractivity contribution in [2.75, 3.05) is 12.3 Å². The van der Waals surface area contributed by atoms with Gasteiger partial charge in [-0.05, 0) is 18.4 Å². The first-order chi connectivity index (χ1) is 9.88. The Balaban J connectivity index is 2.26. The number of thioether (sulfide) groups is 1. The van der Waals surface area contributed by atoms with E-state index in [0.29, 0.717) is 17.4 Å². The second-order valence-electron chi connectivity index (χ2n) is 4.73. The molecule has 0 aliphatic carbocycles. The summed E-state index contributed by atoms with van der Waals surface area (Å²) < 4.78 is 0. The molecule has 0 aromatic carbocycles. The van der Waals surface area contributed by atoms with Gasteiger partial charge in [0.05, 0.1) is 5.75 Å². The fourth-order valence-corrected chi connectivity index (χ4v) is 3.01. The minimum atomic E-state index is -0.985. The average molecular weight is 330 g/mol. The largest absolute Gasteiger partial charge is 0.477 e. The third kappa shape index (κ3) is 7.14. The Morgan fingerprint density at radius 3 is 2.67 bits per heavy atom. The zero-order chi connectivity index (χ0) is 15.8. The van der Waals surface area contributed by atoms with E-state index >= 15 is 0 Å². The third-order valence-electron chi connectivity index (χ3n) is 2.42. The number of carboxylic acid groups (broad SMARTS) is 1. The molecule has 0 aliphatic heterocycles. The highest BCUT2D eigenvalue weighted by molar-refractivity contribution is 8.00. The number of hydrogen-bond donors (Lipinski definition) is 3. The number of thiophene rings is 1. The maximum atomic E-state index is 11.6. The first-order valence-electron chi connectivity index (χ1n) is 6.40. The monoisotopic (exact) mass is 330 g/mol. The van der Waals surface area contributed by atoms with Crippen molar-refractivity contribution in [1.29, 1.82) is 0 Å². The molecule has 0 spiro atoms. The van der Waals surface area contributed by atoms with E-state index in [1.165, 1.54) is 17.8 Å². The molecular weight excluding hydrogens is 312 g/mol. The predicted molar refractivity (Wildman–Crippen MR) is 83.0 cm³/mol. The summed E-state index contributed by atoms with van der Waals surface area (Å²) >= 11 is 2.30. The SMILES string of the molecule is CC(C)CCNC(=O)NC(=O)CSc1csc(C(=O)O)c1. The summed E-state index contributed by atoms with van der Waals surface area (Å²) in [6.45, 7) is 4.62. The lowest BCUT2D eigenvalue weighted by atomic mass is 10.1. The molecular formula is C13H18N2O4S2. The molecule has 116 valence electrons. The number of nitrogens with one attached hydrogen (secondary N) is 2. The fourth-order valence-electron chi connectivity index (χ4n) is 1.34. The lowest BCUT2D eigenvalue weighted by Gasteiger charge is -2.07. The molecule has 1 heterocycles. The fraction of sp³-hybridized carbons (Fsp3) is 0.462. The van der Waals surface area contributed by atoms with Crippen LogP contribution in [0.5, 0.6) is 0 Å². The molecule has 0 fully saturated rings. The third-order valence-corrected chi connectivity index (χ3v) is 4.46. The van der Waals surface area contributed by atoms with Crippen molar-refractivity contribution >= 4 is 41.0 Å². The molecule has 0 unspecified atom stereocenters. The molecule has 0 atom stereocenters. The highest BCUT2D eigenvalue weighted by Crippen LogP contribution is 2.24. The van der Waals surface area contributed by atoms with Crippen LogP contribution >= 0.6 is 23.1 Å². The van der Waals surface area contributed by atoms with Gasteiger partial charge in [-0.15, -0.1) is 23.1 Å². The lowest BCUT2D eigenvalue weighted by molar-refractivity contribution is -0.117. The Labute approximate surface area is 131 Å². The number of hydrogen-bond acceptors (Lipinski definition) is 5. The molecule has 1 aromatic rings. The zero-order valence-electron chi connectivity index (χ0n) is 11.8. The summed E-state index contributed by atoms with van der Waals surface area (Å²) in [6.07, 6.45) is 0.850. The second kappa shape index (κ2) is 8.68. The molecule has 3 N–H and O–H groups in total. The number of urea groups is 1. The van der Waals surface area contributed by atoms with Crippen LogP contribution in [0.3, 0.4) is 0 Å². The van der Waals surface area contributed by atoms with Crippen molar-refractivity contribution in [3.05, 3.63) is 16.3 Å². The first kappa shape index (κ1) is 17.5. The first-order valence-corrected chi connectivity index (χ1v) is 8.27. The van der Waals surface area contributed by atoms with Crippen LogP contribution in [-0.2, 0) is 4.79 Å². The highest BCUT2D eigenvalue weighted by atomic mass is 32.2. The molecule has 0 radical (unpaired) electrons. The van der Waals surface area contributed by atoms with Gasteiger partial charge in [-0.25, -0.2) is 9.59 Å². The van der Waals surface area contributed by atoms with Gasteiger partial charge in [0.1, 0.15) is 4.88 Å². The van der Waals surface area contributed by atoms with E-state index in [1.54, 1.807) is 5.38 Å². The second-order valence-corrected chi connectivity index (χ2v) is 6.69. The van der Waals surface area contributed by atoms with E-state index < -0.39 is 17.9 Å². The minimum Gasteiger partial charge on any atom is -0.477 e. The number of amides is 3. The van der Waals surface area contributed by atoms with Gasteiger partial charge in [0.25, 0.3) is 0 Å².